The predicted molar refractivity (Wildman–Crippen MR) is 117 cm³/mol. The van der Waals surface area contributed by atoms with Crippen molar-refractivity contribution in [3.63, 3.8) is 0 Å². The molecule has 5 rings (SSSR count). The van der Waals surface area contributed by atoms with Crippen LogP contribution in [0.3, 0.4) is 0 Å². The fourth-order valence-corrected chi connectivity index (χ4v) is 4.23. The maximum atomic E-state index is 12.4. The highest BCUT2D eigenvalue weighted by Crippen LogP contribution is 2.37. The van der Waals surface area contributed by atoms with E-state index in [-0.39, 0.29) is 18.4 Å². The molecule has 5 nitrogen and oxygen atoms in total. The number of anilines is 2. The van der Waals surface area contributed by atoms with Gasteiger partial charge in [-0.15, -0.1) is 0 Å². The highest BCUT2D eigenvalue weighted by atomic mass is 16.5. The van der Waals surface area contributed by atoms with Gasteiger partial charge in [-0.25, -0.2) is 0 Å². The lowest BCUT2D eigenvalue weighted by Gasteiger charge is -2.16. The first-order valence-electron chi connectivity index (χ1n) is 10.2. The van der Waals surface area contributed by atoms with E-state index >= 15 is 0 Å². The van der Waals surface area contributed by atoms with Gasteiger partial charge in [-0.05, 0) is 59.4 Å². The van der Waals surface area contributed by atoms with Crippen molar-refractivity contribution in [1.82, 2.24) is 0 Å². The van der Waals surface area contributed by atoms with E-state index in [9.17, 15) is 9.59 Å². The van der Waals surface area contributed by atoms with Crippen LogP contribution in [-0.4, -0.2) is 25.0 Å². The van der Waals surface area contributed by atoms with Gasteiger partial charge in [-0.2, -0.15) is 0 Å². The molecule has 1 N–H and O–H groups in total. The Labute approximate surface area is 175 Å². The van der Waals surface area contributed by atoms with Crippen LogP contribution in [0.2, 0.25) is 0 Å². The maximum Gasteiger partial charge on any atom is 0.262 e. The molecule has 3 aromatic carbocycles. The van der Waals surface area contributed by atoms with Crippen molar-refractivity contribution >= 4 is 23.2 Å². The van der Waals surface area contributed by atoms with Crippen molar-refractivity contribution in [2.75, 3.05) is 23.4 Å². The van der Waals surface area contributed by atoms with E-state index in [1.807, 2.05) is 30.3 Å². The second kappa shape index (κ2) is 7.67. The summed E-state index contributed by atoms with van der Waals surface area (Å²) in [5, 5.41) is 2.92. The van der Waals surface area contributed by atoms with E-state index < -0.39 is 0 Å². The van der Waals surface area contributed by atoms with Gasteiger partial charge in [0.15, 0.2) is 6.61 Å². The zero-order chi connectivity index (χ0) is 20.5. The fourth-order valence-electron chi connectivity index (χ4n) is 4.23. The number of nitrogens with one attached hydrogen (secondary N) is 1. The molecule has 150 valence electrons. The summed E-state index contributed by atoms with van der Waals surface area (Å²) in [6, 6.07) is 21.7. The molecule has 0 radical (unpaired) electrons. The summed E-state index contributed by atoms with van der Waals surface area (Å²) in [5.41, 5.74) is 6.62. The molecule has 1 fully saturated rings. The summed E-state index contributed by atoms with van der Waals surface area (Å²) in [5.74, 6) is 0.489. The Kier molecular flexibility index (Phi) is 4.71. The van der Waals surface area contributed by atoms with Crippen LogP contribution in [0.1, 0.15) is 24.0 Å². The van der Waals surface area contributed by atoms with Gasteiger partial charge in [0.2, 0.25) is 5.91 Å². The Bertz CT molecular complexity index is 1140. The van der Waals surface area contributed by atoms with Crippen LogP contribution in [0.15, 0.2) is 66.7 Å². The second-order valence-corrected chi connectivity index (χ2v) is 7.69. The third kappa shape index (κ3) is 3.54. The number of rotatable bonds is 5. The Balaban J connectivity index is 1.21. The quantitative estimate of drug-likeness (QED) is 0.542. The number of carbonyl (C=O) groups is 2. The summed E-state index contributed by atoms with van der Waals surface area (Å²) in [4.78, 5) is 26.1. The summed E-state index contributed by atoms with van der Waals surface area (Å²) in [7, 11) is 0. The van der Waals surface area contributed by atoms with Gasteiger partial charge in [0, 0.05) is 30.4 Å². The van der Waals surface area contributed by atoms with Gasteiger partial charge in [0.25, 0.3) is 5.91 Å². The number of nitrogens with zero attached hydrogens (tertiary/aromatic N) is 1. The number of hydrogen-bond donors (Lipinski definition) is 1. The van der Waals surface area contributed by atoms with Gasteiger partial charge in [-0.1, -0.05) is 36.4 Å². The lowest BCUT2D eigenvalue weighted by molar-refractivity contribution is -0.118. The first-order valence-corrected chi connectivity index (χ1v) is 10.2. The van der Waals surface area contributed by atoms with Crippen molar-refractivity contribution in [2.24, 2.45) is 0 Å². The summed E-state index contributed by atoms with van der Waals surface area (Å²) < 4.78 is 5.67. The first kappa shape index (κ1) is 18.4. The molecular weight excluding hydrogens is 376 g/mol. The normalized spacial score (nSPS) is 14.4. The van der Waals surface area contributed by atoms with E-state index in [1.165, 1.54) is 22.3 Å². The highest BCUT2D eigenvalue weighted by Gasteiger charge is 2.22. The van der Waals surface area contributed by atoms with Crippen molar-refractivity contribution in [3.8, 4) is 16.9 Å². The third-order valence-electron chi connectivity index (χ3n) is 5.65. The molecule has 3 aromatic rings. The van der Waals surface area contributed by atoms with Gasteiger partial charge in [0.05, 0.1) is 0 Å². The molecule has 30 heavy (non-hydrogen) atoms. The molecule has 1 heterocycles. The van der Waals surface area contributed by atoms with Crippen LogP contribution >= 0.6 is 0 Å². The molecule has 0 atom stereocenters. The van der Waals surface area contributed by atoms with Gasteiger partial charge < -0.3 is 15.0 Å². The standard InChI is InChI=1S/C25H22N2O3/c28-24(16-30-21-7-3-6-20(15-21)27-12-4-9-25(27)29)26-19-10-11-23-18(14-19)13-17-5-1-2-8-22(17)23/h1-3,5-8,10-11,14-15H,4,9,12-13,16H2,(H,26,28). The highest BCUT2D eigenvalue weighted by molar-refractivity contribution is 5.95. The van der Waals surface area contributed by atoms with Crippen LogP contribution in [0.4, 0.5) is 11.4 Å². The molecule has 5 heteroatoms. The van der Waals surface area contributed by atoms with Gasteiger partial charge in [-0.3, -0.25) is 9.59 Å². The average molecular weight is 398 g/mol. The Morgan fingerprint density at radius 1 is 0.967 bits per heavy atom. The SMILES string of the molecule is O=C(COc1cccc(N2CCCC2=O)c1)Nc1ccc2c(c1)Cc1ccccc1-2. The molecule has 0 unspecified atom stereocenters. The van der Waals surface area contributed by atoms with E-state index in [4.69, 9.17) is 4.74 Å². The largest absolute Gasteiger partial charge is 0.484 e. The lowest BCUT2D eigenvalue weighted by Crippen LogP contribution is -2.24. The van der Waals surface area contributed by atoms with Crippen molar-refractivity contribution < 1.29 is 14.3 Å². The van der Waals surface area contributed by atoms with Crippen molar-refractivity contribution in [1.29, 1.82) is 0 Å². The monoisotopic (exact) mass is 398 g/mol. The third-order valence-corrected chi connectivity index (χ3v) is 5.65. The number of amides is 2. The number of hydrogen-bond acceptors (Lipinski definition) is 3. The molecule has 0 spiro atoms. The smallest absolute Gasteiger partial charge is 0.262 e. The Morgan fingerprint density at radius 2 is 1.83 bits per heavy atom. The van der Waals surface area contributed by atoms with Crippen molar-refractivity contribution in [3.05, 3.63) is 77.9 Å². The number of ether oxygens (including phenoxy) is 1. The molecule has 1 aliphatic heterocycles. The fraction of sp³-hybridized carbons (Fsp3) is 0.200. The molecule has 0 bridgehead atoms. The molecule has 0 aromatic heterocycles. The molecular formula is C25H22N2O3. The number of fused-ring (bicyclic) bond motifs is 3. The molecule has 2 aliphatic rings. The zero-order valence-electron chi connectivity index (χ0n) is 16.6. The second-order valence-electron chi connectivity index (χ2n) is 7.69. The van der Waals surface area contributed by atoms with Gasteiger partial charge in [0.1, 0.15) is 5.75 Å². The Morgan fingerprint density at radius 3 is 2.70 bits per heavy atom. The number of benzene rings is 3. The van der Waals surface area contributed by atoms with Crippen LogP contribution in [0, 0.1) is 0 Å². The Hall–Kier alpha value is -3.60. The van der Waals surface area contributed by atoms with E-state index in [0.29, 0.717) is 12.2 Å². The van der Waals surface area contributed by atoms with E-state index in [2.05, 4.69) is 35.6 Å². The van der Waals surface area contributed by atoms with Crippen LogP contribution in [-0.2, 0) is 16.0 Å². The van der Waals surface area contributed by atoms with E-state index in [0.717, 1.165) is 30.8 Å². The first-order chi connectivity index (χ1) is 14.7. The summed E-state index contributed by atoms with van der Waals surface area (Å²) in [6.45, 7) is 0.639. The minimum absolute atomic E-state index is 0.0886. The zero-order valence-corrected chi connectivity index (χ0v) is 16.6. The maximum absolute atomic E-state index is 12.4. The molecule has 1 aliphatic carbocycles. The topological polar surface area (TPSA) is 58.6 Å². The molecule has 0 saturated carbocycles. The average Bonchev–Trinajstić information content (AvgIpc) is 3.35. The molecule has 2 amide bonds. The minimum Gasteiger partial charge on any atom is -0.484 e. The van der Waals surface area contributed by atoms with E-state index in [1.54, 1.807) is 11.0 Å². The van der Waals surface area contributed by atoms with Crippen LogP contribution < -0.4 is 15.0 Å². The summed E-state index contributed by atoms with van der Waals surface area (Å²) >= 11 is 0. The molecule has 1 saturated heterocycles. The van der Waals surface area contributed by atoms with Crippen LogP contribution in [0.5, 0.6) is 5.75 Å². The summed E-state index contributed by atoms with van der Waals surface area (Å²) in [6.07, 6.45) is 2.34. The van der Waals surface area contributed by atoms with Crippen LogP contribution in [0.25, 0.3) is 11.1 Å². The predicted octanol–water partition coefficient (Wildman–Crippen LogP) is 4.40. The lowest BCUT2D eigenvalue weighted by atomic mass is 10.1. The number of carbonyl (C=O) groups excluding carboxylic acids is 2. The van der Waals surface area contributed by atoms with Crippen molar-refractivity contribution in [2.45, 2.75) is 19.3 Å². The van der Waals surface area contributed by atoms with Gasteiger partial charge >= 0.3 is 0 Å². The minimum atomic E-state index is -0.215.